The first-order valence-corrected chi connectivity index (χ1v) is 8.18. The molecule has 0 aliphatic carbocycles. The monoisotopic (exact) mass is 302 g/mol. The fourth-order valence-corrected chi connectivity index (χ4v) is 3.62. The summed E-state index contributed by atoms with van der Waals surface area (Å²) >= 11 is 0. The molecule has 3 rings (SSSR count). The third-order valence-electron chi connectivity index (χ3n) is 4.74. The molecular formula is C18H26N2O2. The largest absolute Gasteiger partial charge is 0.444 e. The summed E-state index contributed by atoms with van der Waals surface area (Å²) in [5.74, 6) is 0.892. The van der Waals surface area contributed by atoms with Gasteiger partial charge in [0.1, 0.15) is 5.60 Å². The highest BCUT2D eigenvalue weighted by Gasteiger charge is 2.39. The van der Waals surface area contributed by atoms with Gasteiger partial charge < -0.3 is 15.0 Å². The Morgan fingerprint density at radius 2 is 2.05 bits per heavy atom. The number of carbonyl (C=O) groups is 1. The molecule has 1 N–H and O–H groups in total. The number of rotatable bonds is 0. The average molecular weight is 302 g/mol. The van der Waals surface area contributed by atoms with Crippen LogP contribution in [0.4, 0.5) is 10.5 Å². The van der Waals surface area contributed by atoms with Gasteiger partial charge in [0.25, 0.3) is 0 Å². The van der Waals surface area contributed by atoms with Crippen LogP contribution in [0.3, 0.4) is 0 Å². The number of nitrogens with zero attached hydrogens (tertiary/aromatic N) is 1. The summed E-state index contributed by atoms with van der Waals surface area (Å²) in [6.07, 6.45) is 0.791. The molecule has 1 fully saturated rings. The summed E-state index contributed by atoms with van der Waals surface area (Å²) < 4.78 is 5.53. The van der Waals surface area contributed by atoms with Crippen molar-refractivity contribution in [3.8, 4) is 0 Å². The van der Waals surface area contributed by atoms with Crippen molar-refractivity contribution in [1.29, 1.82) is 0 Å². The first kappa shape index (κ1) is 15.2. The number of para-hydroxylation sites is 1. The van der Waals surface area contributed by atoms with Crippen LogP contribution in [-0.2, 0) is 4.74 Å². The summed E-state index contributed by atoms with van der Waals surface area (Å²) in [4.78, 5) is 14.2. The van der Waals surface area contributed by atoms with Crippen molar-refractivity contribution in [2.45, 2.75) is 51.7 Å². The second-order valence-electron chi connectivity index (χ2n) is 7.51. The fourth-order valence-electron chi connectivity index (χ4n) is 3.62. The Morgan fingerprint density at radius 3 is 2.77 bits per heavy atom. The molecule has 0 saturated carbocycles. The van der Waals surface area contributed by atoms with Crippen LogP contribution < -0.4 is 5.32 Å². The summed E-state index contributed by atoms with van der Waals surface area (Å²) in [6.45, 7) is 9.55. The number of piperidine rings is 1. The van der Waals surface area contributed by atoms with Gasteiger partial charge >= 0.3 is 6.09 Å². The van der Waals surface area contributed by atoms with Gasteiger partial charge in [-0.3, -0.25) is 0 Å². The van der Waals surface area contributed by atoms with E-state index in [9.17, 15) is 4.79 Å². The summed E-state index contributed by atoms with van der Waals surface area (Å²) in [6, 6.07) is 8.96. The molecule has 0 aromatic heterocycles. The van der Waals surface area contributed by atoms with Gasteiger partial charge in [0.05, 0.1) is 0 Å². The quantitative estimate of drug-likeness (QED) is 0.791. The van der Waals surface area contributed by atoms with Gasteiger partial charge in [-0.2, -0.15) is 0 Å². The molecule has 1 amide bonds. The van der Waals surface area contributed by atoms with Crippen LogP contribution in [0, 0.1) is 5.92 Å². The van der Waals surface area contributed by atoms with Crippen molar-refractivity contribution >= 4 is 11.8 Å². The molecule has 1 aromatic rings. The number of nitrogens with one attached hydrogen (secondary N) is 1. The van der Waals surface area contributed by atoms with Crippen LogP contribution in [0.25, 0.3) is 0 Å². The molecule has 4 nitrogen and oxygen atoms in total. The Morgan fingerprint density at radius 1 is 1.32 bits per heavy atom. The molecule has 1 saturated heterocycles. The number of amides is 1. The van der Waals surface area contributed by atoms with Crippen LogP contribution in [0.1, 0.15) is 45.6 Å². The predicted molar refractivity (Wildman–Crippen MR) is 88.2 cm³/mol. The molecule has 0 radical (unpaired) electrons. The van der Waals surface area contributed by atoms with E-state index in [1.807, 2.05) is 25.7 Å². The normalized spacial score (nSPS) is 27.5. The summed E-state index contributed by atoms with van der Waals surface area (Å²) in [5, 5.41) is 3.66. The minimum atomic E-state index is -0.434. The first-order chi connectivity index (χ1) is 10.3. The van der Waals surface area contributed by atoms with E-state index in [0.29, 0.717) is 17.9 Å². The molecule has 2 aliphatic heterocycles. The molecule has 0 spiro atoms. The topological polar surface area (TPSA) is 41.6 Å². The molecule has 3 atom stereocenters. The number of hydrogen-bond acceptors (Lipinski definition) is 3. The van der Waals surface area contributed by atoms with Crippen molar-refractivity contribution in [2.24, 2.45) is 5.92 Å². The molecule has 4 heteroatoms. The number of hydrogen-bond donors (Lipinski definition) is 1. The summed E-state index contributed by atoms with van der Waals surface area (Å²) in [5.41, 5.74) is 2.17. The Hall–Kier alpha value is -1.71. The molecule has 3 unspecified atom stereocenters. The van der Waals surface area contributed by atoms with Gasteiger partial charge in [-0.1, -0.05) is 25.1 Å². The van der Waals surface area contributed by atoms with Gasteiger partial charge in [-0.25, -0.2) is 4.79 Å². The third kappa shape index (κ3) is 2.92. The maximum Gasteiger partial charge on any atom is 0.410 e. The van der Waals surface area contributed by atoms with Gasteiger partial charge in [0.2, 0.25) is 0 Å². The van der Waals surface area contributed by atoms with E-state index in [0.717, 1.165) is 19.5 Å². The molecule has 2 heterocycles. The second-order valence-corrected chi connectivity index (χ2v) is 7.51. The van der Waals surface area contributed by atoms with E-state index < -0.39 is 5.60 Å². The van der Waals surface area contributed by atoms with E-state index in [1.165, 1.54) is 11.3 Å². The van der Waals surface area contributed by atoms with Crippen LogP contribution in [-0.4, -0.2) is 35.7 Å². The van der Waals surface area contributed by atoms with Crippen molar-refractivity contribution in [1.82, 2.24) is 4.90 Å². The van der Waals surface area contributed by atoms with Crippen molar-refractivity contribution in [2.75, 3.05) is 18.4 Å². The highest BCUT2D eigenvalue weighted by Crippen LogP contribution is 2.41. The van der Waals surface area contributed by atoms with Gasteiger partial charge in [0, 0.05) is 30.7 Å². The molecule has 1 aromatic carbocycles. The highest BCUT2D eigenvalue weighted by molar-refractivity contribution is 5.68. The lowest BCUT2D eigenvalue weighted by Crippen LogP contribution is -2.52. The Labute approximate surface area is 132 Å². The Balaban J connectivity index is 1.74. The number of benzene rings is 1. The zero-order chi connectivity index (χ0) is 15.9. The average Bonchev–Trinajstić information content (AvgIpc) is 2.45. The van der Waals surface area contributed by atoms with Crippen LogP contribution in [0.5, 0.6) is 0 Å². The molecule has 2 aliphatic rings. The number of likely N-dealkylation sites (tertiary alicyclic amines) is 1. The molecule has 120 valence electrons. The number of carbonyl (C=O) groups excluding carboxylic acids is 1. The van der Waals surface area contributed by atoms with Crippen LogP contribution >= 0.6 is 0 Å². The Kier molecular flexibility index (Phi) is 3.79. The van der Waals surface area contributed by atoms with Crippen LogP contribution in [0.15, 0.2) is 24.3 Å². The number of anilines is 1. The van der Waals surface area contributed by atoms with Crippen molar-refractivity contribution < 1.29 is 9.53 Å². The van der Waals surface area contributed by atoms with Crippen LogP contribution in [0.2, 0.25) is 0 Å². The van der Waals surface area contributed by atoms with E-state index >= 15 is 0 Å². The standard InChI is InChI=1S/C18H26N2O2/c1-12-13-7-5-6-8-15(13)19-16-9-10-20(11-14(12)16)17(21)22-18(2,3)4/h5-8,12,14,16,19H,9-11H2,1-4H3. The number of fused-ring (bicyclic) bond motifs is 2. The second kappa shape index (κ2) is 5.49. The first-order valence-electron chi connectivity index (χ1n) is 8.18. The van der Waals surface area contributed by atoms with E-state index in [2.05, 4.69) is 36.5 Å². The highest BCUT2D eigenvalue weighted by atomic mass is 16.6. The SMILES string of the molecule is CC1c2ccccc2NC2CCN(C(=O)OC(C)(C)C)CC21. The smallest absolute Gasteiger partial charge is 0.410 e. The molecule has 22 heavy (non-hydrogen) atoms. The zero-order valence-electron chi connectivity index (χ0n) is 13.9. The van der Waals surface area contributed by atoms with E-state index in [1.54, 1.807) is 0 Å². The van der Waals surface area contributed by atoms with Gasteiger partial charge in [0.15, 0.2) is 0 Å². The maximum absolute atomic E-state index is 12.3. The van der Waals surface area contributed by atoms with E-state index in [4.69, 9.17) is 4.74 Å². The summed E-state index contributed by atoms with van der Waals surface area (Å²) in [7, 11) is 0. The third-order valence-corrected chi connectivity index (χ3v) is 4.74. The van der Waals surface area contributed by atoms with Crippen molar-refractivity contribution in [3.63, 3.8) is 0 Å². The van der Waals surface area contributed by atoms with Gasteiger partial charge in [-0.15, -0.1) is 0 Å². The minimum Gasteiger partial charge on any atom is -0.444 e. The predicted octanol–water partition coefficient (Wildman–Crippen LogP) is 3.84. The zero-order valence-corrected chi connectivity index (χ0v) is 13.9. The fraction of sp³-hybridized carbons (Fsp3) is 0.611. The van der Waals surface area contributed by atoms with Gasteiger partial charge in [-0.05, 0) is 44.7 Å². The van der Waals surface area contributed by atoms with Crippen molar-refractivity contribution in [3.05, 3.63) is 29.8 Å². The number of ether oxygens (including phenoxy) is 1. The lowest BCUT2D eigenvalue weighted by Gasteiger charge is -2.45. The molecule has 0 bridgehead atoms. The lowest BCUT2D eigenvalue weighted by atomic mass is 9.75. The molecular weight excluding hydrogens is 276 g/mol. The maximum atomic E-state index is 12.3. The lowest BCUT2D eigenvalue weighted by molar-refractivity contribution is 0.0138. The Bertz CT molecular complexity index is 564. The minimum absolute atomic E-state index is 0.183. The van der Waals surface area contributed by atoms with E-state index in [-0.39, 0.29) is 6.09 Å².